The van der Waals surface area contributed by atoms with Crippen molar-refractivity contribution >= 4 is 0 Å². The number of nitrogens with one attached hydrogen (secondary N) is 1. The first kappa shape index (κ1) is 17.5. The molecule has 0 spiro atoms. The van der Waals surface area contributed by atoms with Crippen molar-refractivity contribution in [3.8, 4) is 6.07 Å². The van der Waals surface area contributed by atoms with Crippen molar-refractivity contribution in [1.82, 2.24) is 10.2 Å². The summed E-state index contributed by atoms with van der Waals surface area (Å²) in [5.41, 5.74) is -0.259. The Hall–Kier alpha value is -0.590. The van der Waals surface area contributed by atoms with Gasteiger partial charge in [0.25, 0.3) is 0 Å². The molecular weight excluding hydrogens is 246 g/mol. The molecule has 0 aromatic heterocycles. The number of likely N-dealkylation sites (N-methyl/N-ethyl adjacent to an activating group) is 1. The molecule has 1 aliphatic carbocycles. The SMILES string of the molecule is CCN(CC)CCNC1(C#N)CCCC(CC(C)C)C1. The molecule has 0 aromatic rings. The molecule has 2 atom stereocenters. The van der Waals surface area contributed by atoms with Gasteiger partial charge in [0.1, 0.15) is 5.54 Å². The zero-order chi connectivity index (χ0) is 15.0. The van der Waals surface area contributed by atoms with Crippen LogP contribution >= 0.6 is 0 Å². The van der Waals surface area contributed by atoms with E-state index in [9.17, 15) is 5.26 Å². The number of nitrogens with zero attached hydrogens (tertiary/aromatic N) is 2. The summed E-state index contributed by atoms with van der Waals surface area (Å²) in [7, 11) is 0. The Morgan fingerprint density at radius 2 is 2.05 bits per heavy atom. The highest BCUT2D eigenvalue weighted by Gasteiger charge is 2.36. The molecule has 1 aliphatic rings. The largest absolute Gasteiger partial charge is 0.303 e. The Kier molecular flexibility index (Phi) is 7.55. The highest BCUT2D eigenvalue weighted by atomic mass is 15.1. The minimum atomic E-state index is -0.259. The van der Waals surface area contributed by atoms with Gasteiger partial charge in [-0.2, -0.15) is 5.26 Å². The van der Waals surface area contributed by atoms with E-state index in [0.717, 1.165) is 50.9 Å². The molecule has 0 aromatic carbocycles. The molecule has 3 nitrogen and oxygen atoms in total. The van der Waals surface area contributed by atoms with Gasteiger partial charge in [-0.1, -0.05) is 40.5 Å². The summed E-state index contributed by atoms with van der Waals surface area (Å²) in [6, 6.07) is 2.60. The van der Waals surface area contributed by atoms with E-state index < -0.39 is 0 Å². The highest BCUT2D eigenvalue weighted by Crippen LogP contribution is 2.35. The second-order valence-corrected chi connectivity index (χ2v) is 6.74. The average molecular weight is 279 g/mol. The average Bonchev–Trinajstić information content (AvgIpc) is 2.43. The third kappa shape index (κ3) is 5.42. The molecule has 1 N–H and O–H groups in total. The first-order valence-corrected chi connectivity index (χ1v) is 8.43. The lowest BCUT2D eigenvalue weighted by molar-refractivity contribution is 0.197. The van der Waals surface area contributed by atoms with Gasteiger partial charge in [0.05, 0.1) is 6.07 Å². The lowest BCUT2D eigenvalue weighted by atomic mass is 9.74. The van der Waals surface area contributed by atoms with Gasteiger partial charge in [0.2, 0.25) is 0 Å². The lowest BCUT2D eigenvalue weighted by Gasteiger charge is -2.37. The summed E-state index contributed by atoms with van der Waals surface area (Å²) in [6.07, 6.45) is 5.83. The molecule has 0 radical (unpaired) electrons. The van der Waals surface area contributed by atoms with Crippen molar-refractivity contribution in [1.29, 1.82) is 5.26 Å². The Labute approximate surface area is 125 Å². The Morgan fingerprint density at radius 3 is 2.60 bits per heavy atom. The third-order valence-electron chi connectivity index (χ3n) is 4.66. The molecular formula is C17H33N3. The van der Waals surface area contributed by atoms with Crippen LogP contribution in [0.15, 0.2) is 0 Å². The standard InChI is InChI=1S/C17H33N3/c1-5-20(6-2)11-10-19-17(14-18)9-7-8-16(13-17)12-15(3)4/h15-16,19H,5-13H2,1-4H3. The van der Waals surface area contributed by atoms with Gasteiger partial charge >= 0.3 is 0 Å². The van der Waals surface area contributed by atoms with Crippen molar-refractivity contribution in [3.63, 3.8) is 0 Å². The second kappa shape index (κ2) is 8.64. The van der Waals surface area contributed by atoms with E-state index in [1.54, 1.807) is 0 Å². The molecule has 1 fully saturated rings. The van der Waals surface area contributed by atoms with Gasteiger partial charge < -0.3 is 4.90 Å². The topological polar surface area (TPSA) is 39.1 Å². The Bertz CT molecular complexity index is 304. The molecule has 1 saturated carbocycles. The van der Waals surface area contributed by atoms with Crippen LogP contribution in [0, 0.1) is 23.2 Å². The first-order chi connectivity index (χ1) is 9.55. The second-order valence-electron chi connectivity index (χ2n) is 6.74. The minimum Gasteiger partial charge on any atom is -0.303 e. The molecule has 0 heterocycles. The number of rotatable bonds is 8. The lowest BCUT2D eigenvalue weighted by Crippen LogP contribution is -2.50. The van der Waals surface area contributed by atoms with Crippen molar-refractivity contribution in [2.75, 3.05) is 26.2 Å². The van der Waals surface area contributed by atoms with Gasteiger partial charge in [0.15, 0.2) is 0 Å². The minimum absolute atomic E-state index is 0.259. The summed E-state index contributed by atoms with van der Waals surface area (Å²) in [5.74, 6) is 1.47. The van der Waals surface area contributed by atoms with E-state index in [1.807, 2.05) is 0 Å². The number of hydrogen-bond acceptors (Lipinski definition) is 3. The van der Waals surface area contributed by atoms with Crippen LogP contribution in [0.4, 0.5) is 0 Å². The summed E-state index contributed by atoms with van der Waals surface area (Å²) >= 11 is 0. The number of nitriles is 1. The maximum atomic E-state index is 9.65. The van der Waals surface area contributed by atoms with Gasteiger partial charge in [-0.3, -0.25) is 5.32 Å². The molecule has 1 rings (SSSR count). The molecule has 0 saturated heterocycles. The van der Waals surface area contributed by atoms with Gasteiger partial charge in [0, 0.05) is 13.1 Å². The smallest absolute Gasteiger partial charge is 0.107 e. The van der Waals surface area contributed by atoms with E-state index in [1.165, 1.54) is 19.3 Å². The Morgan fingerprint density at radius 1 is 1.35 bits per heavy atom. The molecule has 3 heteroatoms. The molecule has 2 unspecified atom stereocenters. The predicted molar refractivity (Wildman–Crippen MR) is 85.5 cm³/mol. The quantitative estimate of drug-likeness (QED) is 0.740. The molecule has 0 bridgehead atoms. The van der Waals surface area contributed by atoms with Crippen LogP contribution in [0.25, 0.3) is 0 Å². The summed E-state index contributed by atoms with van der Waals surface area (Å²) in [5, 5.41) is 13.2. The van der Waals surface area contributed by atoms with Crippen molar-refractivity contribution < 1.29 is 0 Å². The fourth-order valence-electron chi connectivity index (χ4n) is 3.55. The third-order valence-corrected chi connectivity index (χ3v) is 4.66. The maximum Gasteiger partial charge on any atom is 0.107 e. The van der Waals surface area contributed by atoms with E-state index in [-0.39, 0.29) is 5.54 Å². The fraction of sp³-hybridized carbons (Fsp3) is 0.941. The first-order valence-electron chi connectivity index (χ1n) is 8.43. The van der Waals surface area contributed by atoms with Crippen LogP contribution < -0.4 is 5.32 Å². The van der Waals surface area contributed by atoms with E-state index in [2.05, 4.69) is 44.0 Å². The van der Waals surface area contributed by atoms with Crippen LogP contribution in [-0.4, -0.2) is 36.6 Å². The fourth-order valence-corrected chi connectivity index (χ4v) is 3.55. The normalized spacial score (nSPS) is 26.9. The zero-order valence-corrected chi connectivity index (χ0v) is 13.9. The molecule has 0 amide bonds. The van der Waals surface area contributed by atoms with Crippen molar-refractivity contribution in [3.05, 3.63) is 0 Å². The summed E-state index contributed by atoms with van der Waals surface area (Å²) in [6.45, 7) is 13.1. The van der Waals surface area contributed by atoms with E-state index in [4.69, 9.17) is 0 Å². The van der Waals surface area contributed by atoms with Gasteiger partial charge in [-0.25, -0.2) is 0 Å². The number of hydrogen-bond donors (Lipinski definition) is 1. The molecule has 20 heavy (non-hydrogen) atoms. The monoisotopic (exact) mass is 279 g/mol. The van der Waals surface area contributed by atoms with Gasteiger partial charge in [-0.15, -0.1) is 0 Å². The highest BCUT2D eigenvalue weighted by molar-refractivity contribution is 5.09. The van der Waals surface area contributed by atoms with Crippen LogP contribution in [0.2, 0.25) is 0 Å². The Balaban J connectivity index is 2.48. The van der Waals surface area contributed by atoms with Crippen LogP contribution in [0.3, 0.4) is 0 Å². The van der Waals surface area contributed by atoms with Crippen LogP contribution in [0.1, 0.15) is 59.8 Å². The van der Waals surface area contributed by atoms with Gasteiger partial charge in [-0.05, 0) is 44.2 Å². The zero-order valence-electron chi connectivity index (χ0n) is 13.9. The summed E-state index contributed by atoms with van der Waals surface area (Å²) in [4.78, 5) is 2.41. The van der Waals surface area contributed by atoms with Crippen molar-refractivity contribution in [2.24, 2.45) is 11.8 Å². The van der Waals surface area contributed by atoms with Crippen LogP contribution in [0.5, 0.6) is 0 Å². The van der Waals surface area contributed by atoms with Crippen molar-refractivity contribution in [2.45, 2.75) is 65.3 Å². The predicted octanol–water partition coefficient (Wildman–Crippen LogP) is 3.42. The molecule has 116 valence electrons. The molecule has 0 aliphatic heterocycles. The van der Waals surface area contributed by atoms with Crippen LogP contribution in [-0.2, 0) is 0 Å². The summed E-state index contributed by atoms with van der Waals surface area (Å²) < 4.78 is 0. The van der Waals surface area contributed by atoms with E-state index >= 15 is 0 Å². The maximum absolute atomic E-state index is 9.65. The van der Waals surface area contributed by atoms with E-state index in [0.29, 0.717) is 0 Å².